The maximum Gasteiger partial charge on any atom is 0.303 e. The van der Waals surface area contributed by atoms with Gasteiger partial charge < -0.3 is 60.3 Å². The number of β-amino-alcohol motifs (C(OH)–C–C–N with tert-alkyl or cyclic N) is 2. The molecule has 8 aromatic carbocycles. The van der Waals surface area contributed by atoms with Crippen LogP contribution in [0.15, 0.2) is 217 Å². The van der Waals surface area contributed by atoms with Crippen LogP contribution in [0.2, 0.25) is 0 Å². The van der Waals surface area contributed by atoms with Gasteiger partial charge in [-0.05, 0) is 203 Å². The number of unbranched alkanes of at least 4 members (excludes halogenated alkanes) is 8. The Morgan fingerprint density at radius 1 is 0.475 bits per heavy atom. The molecule has 22 nitrogen and oxygen atoms in total. The summed E-state index contributed by atoms with van der Waals surface area (Å²) in [6.45, 7) is 22.7. The summed E-state index contributed by atoms with van der Waals surface area (Å²) >= 11 is 3.18. The van der Waals surface area contributed by atoms with Crippen LogP contribution < -0.4 is 20.1 Å². The molecule has 2 aliphatic heterocycles. The molecule has 2 saturated heterocycles. The number of phenols is 2. The predicted octanol–water partition coefficient (Wildman–Crippen LogP) is 22.0. The molecule has 2 aliphatic rings. The molecule has 139 heavy (non-hydrogen) atoms. The number of aryl methyl sites for hydroxylation is 3. The first-order chi connectivity index (χ1) is 66.7. The molecule has 10 aromatic rings. The van der Waals surface area contributed by atoms with Crippen LogP contribution in [0.25, 0.3) is 43.2 Å². The Kier molecular flexibility index (Phi) is 42.7. The van der Waals surface area contributed by atoms with Gasteiger partial charge in [-0.15, -0.1) is 22.7 Å². The fraction of sp³-hybridized carbons (Fsp3) is 0.426. The lowest BCUT2D eigenvalue weighted by atomic mass is 9.76. The Labute approximate surface area is 829 Å². The molecule has 24 heteroatoms. The lowest BCUT2D eigenvalue weighted by Crippen LogP contribution is -2.50. The second kappa shape index (κ2) is 54.5. The Bertz CT molecular complexity index is 5650. The van der Waals surface area contributed by atoms with Crippen molar-refractivity contribution in [2.24, 2.45) is 22.7 Å². The standard InChI is InChI=1S/C57H70N4O7S.C33H46N2O6S.C25H27NO2/c1-7-49(41-16-12-11-13-17-41)53(42-24-28-45(62)29-25-42)43-26-30-48(31-27-43)68-33-32-60(6)52(65)19-15-10-8-9-14-18-46(63)34-50(57(3,4)5)56(67)61-37-47(64)35-51(61)55(66)58-36-40-20-22-44(23-21-40)54-39(2)59-38-69-54;1-22-31(42-21-34-22)24-15-12-23(13-16-24)14-17-29(38)28-19-26(37)20-35(28)32(41)27(33(2,3)4)18-25(36)10-8-6-5-7-9-11-30(39)40;1-3-24(19-7-5-4-6-8-19)25(20-9-13-22(27)14-10-20)21-11-15-23(16-12-21)28-18-17-26-2/h11-13,16-17,20-31,38,47,50-51,62,64H,7-10,14-15,18-19,32-37H2,1-6H3,(H,58,66);12-13,15-16,21,26-28,37H,5-11,14,17-20H2,1-4H3,(H,39,40);4-16,26-27H,3,17-18H2,1-2H3/t47-,50-,51+;26-,27-,28+;/m11./s1. The quantitative estimate of drug-likeness (QED) is 0.0138. The third kappa shape index (κ3) is 33.3. The van der Waals surface area contributed by atoms with Crippen molar-refractivity contribution in [2.45, 2.75) is 241 Å². The highest BCUT2D eigenvalue weighted by molar-refractivity contribution is 7.13. The molecule has 4 amide bonds. The van der Waals surface area contributed by atoms with Gasteiger partial charge >= 0.3 is 5.97 Å². The zero-order valence-electron chi connectivity index (χ0n) is 83.1. The number of hydrogen-bond acceptors (Lipinski definition) is 19. The van der Waals surface area contributed by atoms with E-state index in [1.807, 2.05) is 195 Å². The van der Waals surface area contributed by atoms with Crippen LogP contribution in [-0.4, -0.2) is 175 Å². The molecule has 740 valence electrons. The van der Waals surface area contributed by atoms with Gasteiger partial charge in [-0.2, -0.15) is 0 Å². The average Bonchev–Trinajstić information content (AvgIpc) is 1.37. The number of benzene rings is 8. The van der Waals surface area contributed by atoms with Gasteiger partial charge in [-0.3, -0.25) is 38.4 Å². The average molecular weight is 1930 g/mol. The maximum atomic E-state index is 14.1. The van der Waals surface area contributed by atoms with E-state index in [0.29, 0.717) is 64.7 Å². The van der Waals surface area contributed by atoms with E-state index in [1.165, 1.54) is 32.1 Å². The molecule has 0 saturated carbocycles. The number of aliphatic hydroxyl groups excluding tert-OH is 2. The van der Waals surface area contributed by atoms with Gasteiger partial charge in [0, 0.05) is 103 Å². The van der Waals surface area contributed by atoms with Crippen molar-refractivity contribution >= 4 is 91.9 Å². The Balaban J connectivity index is 0.000000240. The molecule has 6 atom stereocenters. The summed E-state index contributed by atoms with van der Waals surface area (Å²) in [5.41, 5.74) is 20.1. The number of nitrogens with one attached hydrogen (secondary N) is 2. The van der Waals surface area contributed by atoms with Crippen molar-refractivity contribution in [1.82, 2.24) is 35.3 Å². The lowest BCUT2D eigenvalue weighted by molar-refractivity contribution is -0.146. The van der Waals surface area contributed by atoms with Crippen molar-refractivity contribution in [2.75, 3.05) is 53.5 Å². The molecule has 0 spiro atoms. The van der Waals surface area contributed by atoms with Crippen LogP contribution in [-0.2, 0) is 51.3 Å². The van der Waals surface area contributed by atoms with E-state index in [4.69, 9.17) is 14.6 Å². The van der Waals surface area contributed by atoms with Gasteiger partial charge in [-0.1, -0.05) is 252 Å². The van der Waals surface area contributed by atoms with E-state index in [1.54, 1.807) is 58.9 Å². The van der Waals surface area contributed by atoms with Crippen molar-refractivity contribution in [3.8, 4) is 43.9 Å². The largest absolute Gasteiger partial charge is 0.508 e. The monoisotopic (exact) mass is 1930 g/mol. The van der Waals surface area contributed by atoms with E-state index in [-0.39, 0.29) is 111 Å². The van der Waals surface area contributed by atoms with Crippen LogP contribution >= 0.6 is 22.7 Å². The minimum Gasteiger partial charge on any atom is -0.508 e. The Morgan fingerprint density at radius 3 is 1.27 bits per heavy atom. The second-order valence-corrected chi connectivity index (χ2v) is 40.3. The zero-order valence-corrected chi connectivity index (χ0v) is 84.8. The SMILES string of the molecule is CCC(=C(c1ccc(O)cc1)c1ccc(OCCN(C)C(=O)CCCCCCCC(=O)C[C@H](C(=O)N2C[C@H](O)C[C@H]2C(=O)NCc2ccc(-c3scnc3C)cc2)C(C)(C)C)cc1)c1ccccc1.CCC(=C(c1ccc(O)cc1)c1ccc(OCCNC)cc1)c1ccccc1.Cc1ncsc1-c1ccc(CCC(=O)[C@@H]2C[C@@H](O)CN2C(=O)[C@@H](CC(=O)CCCCCCCC(=O)O)C(C)(C)C)cc1. The topological polar surface area (TPSA) is 316 Å². The number of amides is 4. The third-order valence-corrected chi connectivity index (χ3v) is 27.9. The van der Waals surface area contributed by atoms with Crippen LogP contribution in [0.4, 0.5) is 0 Å². The molecular formula is C115H143N7O15S2. The molecule has 7 N–H and O–H groups in total. The number of allylic oxidation sites excluding steroid dienone is 2. The van der Waals surface area contributed by atoms with Crippen molar-refractivity contribution < 1.29 is 73.4 Å². The normalized spacial score (nSPS) is 15.5. The number of aromatic hydroxyl groups is 2. The van der Waals surface area contributed by atoms with Gasteiger partial charge in [0.25, 0.3) is 0 Å². The number of ether oxygens (including phenoxy) is 2. The number of hydrogen-bond donors (Lipinski definition) is 7. The first-order valence-electron chi connectivity index (χ1n) is 49.2. The third-order valence-electron chi connectivity index (χ3n) is 26.0. The number of carbonyl (C=O) groups is 8. The van der Waals surface area contributed by atoms with Crippen molar-refractivity contribution in [3.05, 3.63) is 273 Å². The van der Waals surface area contributed by atoms with E-state index >= 15 is 0 Å². The summed E-state index contributed by atoms with van der Waals surface area (Å²) in [5.74, 6) is -0.703. The molecule has 0 radical (unpaired) electrons. The number of phenolic OH excluding ortho intramolecular Hbond substituents is 2. The number of aliphatic hydroxyl groups is 2. The van der Waals surface area contributed by atoms with Crippen LogP contribution in [0.3, 0.4) is 0 Å². The number of ketones is 3. The Morgan fingerprint density at radius 2 is 0.863 bits per heavy atom. The number of aliphatic carboxylic acids is 1. The van der Waals surface area contributed by atoms with Gasteiger partial charge in [0.15, 0.2) is 5.78 Å². The molecular weight excluding hydrogens is 1780 g/mol. The maximum absolute atomic E-state index is 14.1. The number of carboxylic acids is 1. The van der Waals surface area contributed by atoms with Gasteiger partial charge in [0.2, 0.25) is 23.6 Å². The zero-order chi connectivity index (χ0) is 100. The molecule has 4 heterocycles. The molecule has 12 rings (SSSR count). The number of Topliss-reactive ketones (excluding diaryl/α,β-unsaturated/α-hetero) is 3. The fourth-order valence-electron chi connectivity index (χ4n) is 17.9. The number of aromatic nitrogens is 2. The van der Waals surface area contributed by atoms with E-state index in [0.717, 1.165) is 153 Å². The van der Waals surface area contributed by atoms with Crippen LogP contribution in [0.1, 0.15) is 246 Å². The predicted molar refractivity (Wildman–Crippen MR) is 556 cm³/mol. The van der Waals surface area contributed by atoms with Gasteiger partial charge in [-0.25, -0.2) is 9.97 Å². The summed E-state index contributed by atoms with van der Waals surface area (Å²) in [6.07, 6.45) is 10.9. The summed E-state index contributed by atoms with van der Waals surface area (Å²) < 4.78 is 11.8. The molecule has 0 aliphatic carbocycles. The molecule has 0 unspecified atom stereocenters. The number of thiazole rings is 2. The number of likely N-dealkylation sites (tertiary alicyclic amines) is 2. The van der Waals surface area contributed by atoms with Crippen LogP contribution in [0.5, 0.6) is 23.0 Å². The smallest absolute Gasteiger partial charge is 0.303 e. The number of carbonyl (C=O) groups excluding carboxylic acids is 7. The first-order valence-corrected chi connectivity index (χ1v) is 51.0. The lowest BCUT2D eigenvalue weighted by Gasteiger charge is -2.34. The summed E-state index contributed by atoms with van der Waals surface area (Å²) in [5, 5.41) is 55.5. The minimum atomic E-state index is -0.820. The highest BCUT2D eigenvalue weighted by Crippen LogP contribution is 2.41. The highest BCUT2D eigenvalue weighted by atomic mass is 32.1. The summed E-state index contributed by atoms with van der Waals surface area (Å²) in [4.78, 5) is 120. The highest BCUT2D eigenvalue weighted by Gasteiger charge is 2.46. The van der Waals surface area contributed by atoms with Gasteiger partial charge in [0.1, 0.15) is 53.8 Å². The van der Waals surface area contributed by atoms with Gasteiger partial charge in [0.05, 0.1) is 57.0 Å². The van der Waals surface area contributed by atoms with E-state index in [2.05, 4.69) is 95.1 Å². The van der Waals surface area contributed by atoms with E-state index < -0.39 is 52.9 Å². The first kappa shape index (κ1) is 109. The number of nitrogens with zero attached hydrogens (tertiary/aromatic N) is 5. The van der Waals surface area contributed by atoms with Crippen molar-refractivity contribution in [3.63, 3.8) is 0 Å². The minimum absolute atomic E-state index is 0.0142. The van der Waals surface area contributed by atoms with Crippen LogP contribution in [0, 0.1) is 36.5 Å². The molecule has 2 fully saturated rings. The van der Waals surface area contributed by atoms with E-state index in [9.17, 15) is 58.8 Å². The number of likely N-dealkylation sites (N-methyl/N-ethyl adjacent to an activating group) is 2. The summed E-state index contributed by atoms with van der Waals surface area (Å²) in [7, 11) is 3.71. The number of rotatable bonds is 47. The second-order valence-electron chi connectivity index (χ2n) is 38.6. The molecule has 2 aromatic heterocycles. The molecule has 0 bridgehead atoms. The summed E-state index contributed by atoms with van der Waals surface area (Å²) in [6, 6.07) is 66.4. The number of carboxylic acid groups (broad SMARTS) is 1. The Hall–Kier alpha value is -12.1. The van der Waals surface area contributed by atoms with Crippen molar-refractivity contribution in [1.29, 1.82) is 0 Å². The fourth-order valence-corrected chi connectivity index (χ4v) is 19.6.